The molecule has 0 aromatic heterocycles. The van der Waals surface area contributed by atoms with Gasteiger partial charge in [0.15, 0.2) is 0 Å². The third-order valence-corrected chi connectivity index (χ3v) is 3.57. The van der Waals surface area contributed by atoms with E-state index in [1.807, 2.05) is 0 Å². The summed E-state index contributed by atoms with van der Waals surface area (Å²) < 4.78 is 0. The van der Waals surface area contributed by atoms with Crippen molar-refractivity contribution >= 4 is 5.97 Å². The number of nitrogens with two attached hydrogens (primary N) is 1. The maximum Gasteiger partial charge on any atom is 0.304 e. The molecule has 88 valence electrons. The summed E-state index contributed by atoms with van der Waals surface area (Å²) in [6.45, 7) is 2.09. The molecule has 1 aliphatic rings. The number of carboxylic acids is 1. The summed E-state index contributed by atoms with van der Waals surface area (Å²) in [5, 5.41) is 8.66. The molecule has 0 heterocycles. The molecule has 15 heavy (non-hydrogen) atoms. The molecule has 3 heteroatoms. The lowest BCUT2D eigenvalue weighted by Crippen LogP contribution is -2.32. The largest absolute Gasteiger partial charge is 0.481 e. The van der Waals surface area contributed by atoms with Crippen LogP contribution in [0.15, 0.2) is 0 Å². The van der Waals surface area contributed by atoms with Crippen molar-refractivity contribution in [3.63, 3.8) is 0 Å². The zero-order valence-electron chi connectivity index (χ0n) is 9.61. The highest BCUT2D eigenvalue weighted by atomic mass is 16.4. The van der Waals surface area contributed by atoms with Gasteiger partial charge in [-0.25, -0.2) is 0 Å². The Kier molecular flexibility index (Phi) is 5.09. The first kappa shape index (κ1) is 12.5. The predicted octanol–water partition coefficient (Wildman–Crippen LogP) is 2.39. The lowest BCUT2D eigenvalue weighted by atomic mass is 9.81. The third kappa shape index (κ3) is 4.65. The molecule has 0 spiro atoms. The molecule has 0 bridgehead atoms. The molecule has 1 fully saturated rings. The van der Waals surface area contributed by atoms with E-state index in [1.54, 1.807) is 0 Å². The van der Waals surface area contributed by atoms with Gasteiger partial charge < -0.3 is 10.8 Å². The maximum absolute atomic E-state index is 10.5. The SMILES string of the molecule is C[C@@H](CC1CCCCC1)[C@H](N)CC(=O)O. The Balaban J connectivity index is 2.26. The van der Waals surface area contributed by atoms with Crippen molar-refractivity contribution in [2.75, 3.05) is 0 Å². The highest BCUT2D eigenvalue weighted by Crippen LogP contribution is 2.29. The third-order valence-electron chi connectivity index (χ3n) is 3.57. The molecular formula is C12H23NO2. The molecule has 1 saturated carbocycles. The second kappa shape index (κ2) is 6.11. The minimum atomic E-state index is -0.780. The van der Waals surface area contributed by atoms with E-state index in [-0.39, 0.29) is 12.5 Å². The fraction of sp³-hybridized carbons (Fsp3) is 0.917. The second-order valence-corrected chi connectivity index (χ2v) is 4.98. The van der Waals surface area contributed by atoms with Crippen LogP contribution < -0.4 is 5.73 Å². The van der Waals surface area contributed by atoms with Crippen LogP contribution in [0, 0.1) is 11.8 Å². The molecule has 2 atom stereocenters. The zero-order chi connectivity index (χ0) is 11.3. The Morgan fingerprint density at radius 3 is 2.53 bits per heavy atom. The minimum Gasteiger partial charge on any atom is -0.481 e. The fourth-order valence-electron chi connectivity index (χ4n) is 2.53. The summed E-state index contributed by atoms with van der Waals surface area (Å²) in [6.07, 6.45) is 7.87. The van der Waals surface area contributed by atoms with E-state index in [4.69, 9.17) is 10.8 Å². The molecule has 0 aromatic carbocycles. The molecule has 0 amide bonds. The molecule has 0 radical (unpaired) electrons. The Morgan fingerprint density at radius 2 is 2.00 bits per heavy atom. The lowest BCUT2D eigenvalue weighted by molar-refractivity contribution is -0.137. The highest BCUT2D eigenvalue weighted by Gasteiger charge is 2.21. The van der Waals surface area contributed by atoms with Crippen LogP contribution in [0.2, 0.25) is 0 Å². The van der Waals surface area contributed by atoms with Gasteiger partial charge in [-0.3, -0.25) is 4.79 Å². The van der Waals surface area contributed by atoms with E-state index in [0.29, 0.717) is 5.92 Å². The number of carboxylic acid groups (broad SMARTS) is 1. The van der Waals surface area contributed by atoms with E-state index < -0.39 is 5.97 Å². The molecular weight excluding hydrogens is 190 g/mol. The highest BCUT2D eigenvalue weighted by molar-refractivity contribution is 5.67. The van der Waals surface area contributed by atoms with E-state index in [0.717, 1.165) is 12.3 Å². The van der Waals surface area contributed by atoms with Crippen LogP contribution in [-0.4, -0.2) is 17.1 Å². The van der Waals surface area contributed by atoms with Gasteiger partial charge in [0.1, 0.15) is 0 Å². The van der Waals surface area contributed by atoms with Gasteiger partial charge in [-0.15, -0.1) is 0 Å². The van der Waals surface area contributed by atoms with Crippen molar-refractivity contribution in [3.05, 3.63) is 0 Å². The van der Waals surface area contributed by atoms with Crippen LogP contribution in [0.5, 0.6) is 0 Å². The normalized spacial score (nSPS) is 22.3. The van der Waals surface area contributed by atoms with E-state index in [9.17, 15) is 4.79 Å². The van der Waals surface area contributed by atoms with Gasteiger partial charge >= 0.3 is 5.97 Å². The quantitative estimate of drug-likeness (QED) is 0.737. The maximum atomic E-state index is 10.5. The number of carbonyl (C=O) groups is 1. The van der Waals surface area contributed by atoms with Crippen molar-refractivity contribution in [2.24, 2.45) is 17.6 Å². The first-order chi connectivity index (χ1) is 7.09. The van der Waals surface area contributed by atoms with Gasteiger partial charge in [-0.2, -0.15) is 0 Å². The van der Waals surface area contributed by atoms with Gasteiger partial charge in [-0.1, -0.05) is 39.0 Å². The molecule has 1 rings (SSSR count). The number of hydrogen-bond donors (Lipinski definition) is 2. The molecule has 0 aromatic rings. The second-order valence-electron chi connectivity index (χ2n) is 4.98. The average Bonchev–Trinajstić information content (AvgIpc) is 2.18. The molecule has 3 N–H and O–H groups in total. The van der Waals surface area contributed by atoms with Crippen molar-refractivity contribution in [2.45, 2.75) is 57.9 Å². The van der Waals surface area contributed by atoms with E-state index >= 15 is 0 Å². The Labute approximate surface area is 92.0 Å². The summed E-state index contributed by atoms with van der Waals surface area (Å²) >= 11 is 0. The zero-order valence-corrected chi connectivity index (χ0v) is 9.61. The van der Waals surface area contributed by atoms with Gasteiger partial charge in [0.05, 0.1) is 6.42 Å². The molecule has 3 nitrogen and oxygen atoms in total. The number of rotatable bonds is 5. The van der Waals surface area contributed by atoms with Crippen LogP contribution in [0.1, 0.15) is 51.9 Å². The smallest absolute Gasteiger partial charge is 0.304 e. The van der Waals surface area contributed by atoms with Crippen molar-refractivity contribution < 1.29 is 9.90 Å². The van der Waals surface area contributed by atoms with Gasteiger partial charge in [0.2, 0.25) is 0 Å². The van der Waals surface area contributed by atoms with Crippen molar-refractivity contribution in [1.29, 1.82) is 0 Å². The van der Waals surface area contributed by atoms with E-state index in [1.165, 1.54) is 32.1 Å². The Morgan fingerprint density at radius 1 is 1.40 bits per heavy atom. The van der Waals surface area contributed by atoms with Gasteiger partial charge in [-0.05, 0) is 18.3 Å². The Bertz CT molecular complexity index is 200. The van der Waals surface area contributed by atoms with Crippen LogP contribution in [0.25, 0.3) is 0 Å². The first-order valence-electron chi connectivity index (χ1n) is 6.07. The standard InChI is InChI=1S/C12H23NO2/c1-9(11(13)8-12(14)15)7-10-5-3-2-4-6-10/h9-11H,2-8,13H2,1H3,(H,14,15)/t9-,11+/m0/s1. The minimum absolute atomic E-state index is 0.105. The van der Waals surface area contributed by atoms with E-state index in [2.05, 4.69) is 6.92 Å². The molecule has 0 saturated heterocycles. The number of hydrogen-bond acceptors (Lipinski definition) is 2. The summed E-state index contributed by atoms with van der Waals surface area (Å²) in [6, 6.07) is -0.176. The summed E-state index contributed by atoms with van der Waals surface area (Å²) in [4.78, 5) is 10.5. The predicted molar refractivity (Wildman–Crippen MR) is 60.6 cm³/mol. The topological polar surface area (TPSA) is 63.3 Å². The summed E-state index contributed by atoms with van der Waals surface area (Å²) in [5.41, 5.74) is 5.85. The van der Waals surface area contributed by atoms with Crippen LogP contribution in [0.3, 0.4) is 0 Å². The van der Waals surface area contributed by atoms with Crippen LogP contribution >= 0.6 is 0 Å². The average molecular weight is 213 g/mol. The Hall–Kier alpha value is -0.570. The number of aliphatic carboxylic acids is 1. The van der Waals surface area contributed by atoms with Gasteiger partial charge in [0.25, 0.3) is 0 Å². The van der Waals surface area contributed by atoms with Crippen LogP contribution in [-0.2, 0) is 4.79 Å². The van der Waals surface area contributed by atoms with Crippen molar-refractivity contribution in [1.82, 2.24) is 0 Å². The molecule has 0 aliphatic heterocycles. The monoisotopic (exact) mass is 213 g/mol. The summed E-state index contributed by atoms with van der Waals surface area (Å²) in [7, 11) is 0. The molecule has 1 aliphatic carbocycles. The van der Waals surface area contributed by atoms with Gasteiger partial charge in [0, 0.05) is 6.04 Å². The lowest BCUT2D eigenvalue weighted by Gasteiger charge is -2.27. The van der Waals surface area contributed by atoms with Crippen LogP contribution in [0.4, 0.5) is 0 Å². The summed E-state index contributed by atoms with van der Waals surface area (Å²) in [5.74, 6) is 0.343. The van der Waals surface area contributed by atoms with Crippen molar-refractivity contribution in [3.8, 4) is 0 Å². The molecule has 0 unspecified atom stereocenters. The first-order valence-corrected chi connectivity index (χ1v) is 6.07. The fourth-order valence-corrected chi connectivity index (χ4v) is 2.53.